The SMILES string of the molecule is CC(C)c1cc(NC(=O)COc2nnc(C(F)(F)F)s2)ccc1F. The Labute approximate surface area is 138 Å². The van der Waals surface area contributed by atoms with Gasteiger partial charge in [0.15, 0.2) is 6.61 Å². The van der Waals surface area contributed by atoms with Crippen LogP contribution >= 0.6 is 11.3 Å². The van der Waals surface area contributed by atoms with E-state index in [1.165, 1.54) is 18.2 Å². The van der Waals surface area contributed by atoms with Crippen LogP contribution in [0.5, 0.6) is 5.19 Å². The lowest BCUT2D eigenvalue weighted by atomic mass is 10.0. The number of carbonyl (C=O) groups excluding carboxylic acids is 1. The summed E-state index contributed by atoms with van der Waals surface area (Å²) < 4.78 is 55.6. The van der Waals surface area contributed by atoms with Gasteiger partial charge >= 0.3 is 6.18 Å². The van der Waals surface area contributed by atoms with Crippen LogP contribution in [0.1, 0.15) is 30.3 Å². The van der Waals surface area contributed by atoms with Crippen molar-refractivity contribution >= 4 is 22.9 Å². The Morgan fingerprint density at radius 1 is 1.33 bits per heavy atom. The summed E-state index contributed by atoms with van der Waals surface area (Å²) in [5.41, 5.74) is 0.801. The molecule has 0 spiro atoms. The Morgan fingerprint density at radius 2 is 2.04 bits per heavy atom. The van der Waals surface area contributed by atoms with Gasteiger partial charge in [0, 0.05) is 5.69 Å². The van der Waals surface area contributed by atoms with Gasteiger partial charge in [-0.05, 0) is 29.7 Å². The number of amides is 1. The normalized spacial score (nSPS) is 11.6. The van der Waals surface area contributed by atoms with E-state index in [4.69, 9.17) is 4.74 Å². The summed E-state index contributed by atoms with van der Waals surface area (Å²) in [5.74, 6) is -1.06. The van der Waals surface area contributed by atoms with Gasteiger partial charge in [-0.1, -0.05) is 30.3 Å². The molecule has 1 aromatic carbocycles. The summed E-state index contributed by atoms with van der Waals surface area (Å²) in [7, 11) is 0. The lowest BCUT2D eigenvalue weighted by molar-refractivity contribution is -0.138. The third-order valence-electron chi connectivity index (χ3n) is 2.88. The first kappa shape index (κ1) is 18.1. The first-order valence-electron chi connectivity index (χ1n) is 6.79. The number of nitrogens with zero attached hydrogens (tertiary/aromatic N) is 2. The van der Waals surface area contributed by atoms with Crippen LogP contribution in [0.4, 0.5) is 23.2 Å². The fraction of sp³-hybridized carbons (Fsp3) is 0.357. The quantitative estimate of drug-likeness (QED) is 0.820. The number of halogens is 4. The zero-order valence-corrected chi connectivity index (χ0v) is 13.5. The average Bonchev–Trinajstić information content (AvgIpc) is 2.96. The van der Waals surface area contributed by atoms with Gasteiger partial charge in [0.2, 0.25) is 5.01 Å². The van der Waals surface area contributed by atoms with Gasteiger partial charge in [-0.25, -0.2) is 4.39 Å². The molecule has 0 aliphatic rings. The monoisotopic (exact) mass is 363 g/mol. The van der Waals surface area contributed by atoms with Crippen LogP contribution in [-0.2, 0) is 11.0 Å². The van der Waals surface area contributed by atoms with Gasteiger partial charge in [-0.3, -0.25) is 4.79 Å². The lowest BCUT2D eigenvalue weighted by Gasteiger charge is -2.10. The van der Waals surface area contributed by atoms with E-state index in [9.17, 15) is 22.4 Å². The highest BCUT2D eigenvalue weighted by Gasteiger charge is 2.36. The highest BCUT2D eigenvalue weighted by Crippen LogP contribution is 2.33. The van der Waals surface area contributed by atoms with Crippen molar-refractivity contribution in [1.82, 2.24) is 10.2 Å². The number of ether oxygens (including phenoxy) is 1. The Hall–Kier alpha value is -2.23. The molecule has 0 unspecified atom stereocenters. The molecule has 0 aliphatic carbocycles. The van der Waals surface area contributed by atoms with E-state index in [0.29, 0.717) is 11.3 Å². The molecule has 0 aliphatic heterocycles. The van der Waals surface area contributed by atoms with Crippen LogP contribution < -0.4 is 10.1 Å². The number of nitrogens with one attached hydrogen (secondary N) is 1. The minimum Gasteiger partial charge on any atom is -0.459 e. The zero-order valence-electron chi connectivity index (χ0n) is 12.6. The molecule has 1 heterocycles. The summed E-state index contributed by atoms with van der Waals surface area (Å²) in [6, 6.07) is 4.10. The minimum atomic E-state index is -4.61. The summed E-state index contributed by atoms with van der Waals surface area (Å²) in [6.45, 7) is 3.07. The number of hydrogen-bond donors (Lipinski definition) is 1. The topological polar surface area (TPSA) is 64.1 Å². The molecule has 1 N–H and O–H groups in total. The van der Waals surface area contributed by atoms with E-state index < -0.39 is 23.7 Å². The fourth-order valence-corrected chi connectivity index (χ4v) is 2.33. The number of rotatable bonds is 5. The fourth-order valence-electron chi connectivity index (χ4n) is 1.77. The number of benzene rings is 1. The third-order valence-corrected chi connectivity index (χ3v) is 3.76. The van der Waals surface area contributed by atoms with Crippen LogP contribution in [0.15, 0.2) is 18.2 Å². The molecule has 2 rings (SSSR count). The average molecular weight is 363 g/mol. The molecule has 130 valence electrons. The Morgan fingerprint density at radius 3 is 2.62 bits per heavy atom. The molecular formula is C14H13F4N3O2S. The second-order valence-electron chi connectivity index (χ2n) is 5.10. The van der Waals surface area contributed by atoms with E-state index in [-0.39, 0.29) is 28.3 Å². The number of alkyl halides is 3. The molecule has 0 fully saturated rings. The third kappa shape index (κ3) is 4.63. The standard InChI is InChI=1S/C14H13F4N3O2S/c1-7(2)9-5-8(3-4-10(9)15)19-11(22)6-23-13-21-20-12(24-13)14(16,17)18/h3-5,7H,6H2,1-2H3,(H,19,22). The van der Waals surface area contributed by atoms with Gasteiger partial charge in [0.25, 0.3) is 11.1 Å². The minimum absolute atomic E-state index is 0.0692. The van der Waals surface area contributed by atoms with Crippen LogP contribution in [0.2, 0.25) is 0 Å². The second kappa shape index (κ2) is 7.12. The molecule has 1 amide bonds. The van der Waals surface area contributed by atoms with Gasteiger partial charge in [-0.15, -0.1) is 5.10 Å². The smallest absolute Gasteiger partial charge is 0.445 e. The molecule has 0 saturated heterocycles. The van der Waals surface area contributed by atoms with Crippen molar-refractivity contribution in [2.75, 3.05) is 11.9 Å². The summed E-state index contributed by atoms with van der Waals surface area (Å²) in [6.07, 6.45) is -4.61. The van der Waals surface area contributed by atoms with E-state index in [1.54, 1.807) is 13.8 Å². The molecule has 5 nitrogen and oxygen atoms in total. The summed E-state index contributed by atoms with van der Waals surface area (Å²) in [5, 5.41) is 7.10. The molecule has 1 aromatic heterocycles. The molecule has 0 atom stereocenters. The molecule has 10 heteroatoms. The number of anilines is 1. The molecule has 2 aromatic rings. The second-order valence-corrected chi connectivity index (χ2v) is 6.04. The van der Waals surface area contributed by atoms with E-state index in [2.05, 4.69) is 15.5 Å². The zero-order chi connectivity index (χ0) is 17.9. The highest BCUT2D eigenvalue weighted by atomic mass is 32.1. The van der Waals surface area contributed by atoms with Crippen molar-refractivity contribution in [2.45, 2.75) is 25.9 Å². The van der Waals surface area contributed by atoms with Crippen molar-refractivity contribution < 1.29 is 27.1 Å². The molecule has 0 radical (unpaired) electrons. The number of carbonyl (C=O) groups is 1. The van der Waals surface area contributed by atoms with Crippen LogP contribution in [0, 0.1) is 5.82 Å². The number of aromatic nitrogens is 2. The van der Waals surface area contributed by atoms with E-state index in [0.717, 1.165) is 0 Å². The maximum absolute atomic E-state index is 13.6. The van der Waals surface area contributed by atoms with Crippen molar-refractivity contribution in [2.24, 2.45) is 0 Å². The Balaban J connectivity index is 1.94. The molecule has 0 saturated carbocycles. The van der Waals surface area contributed by atoms with Crippen LogP contribution in [-0.4, -0.2) is 22.7 Å². The van der Waals surface area contributed by atoms with Gasteiger partial charge in [0.05, 0.1) is 0 Å². The first-order valence-corrected chi connectivity index (χ1v) is 7.61. The maximum atomic E-state index is 13.6. The van der Waals surface area contributed by atoms with E-state index >= 15 is 0 Å². The van der Waals surface area contributed by atoms with Gasteiger partial charge < -0.3 is 10.1 Å². The van der Waals surface area contributed by atoms with Crippen LogP contribution in [0.25, 0.3) is 0 Å². The predicted octanol–water partition coefficient (Wildman–Crippen LogP) is 3.84. The largest absolute Gasteiger partial charge is 0.459 e. The summed E-state index contributed by atoms with van der Waals surface area (Å²) >= 11 is 0.197. The van der Waals surface area contributed by atoms with Gasteiger partial charge in [0.1, 0.15) is 5.82 Å². The maximum Gasteiger partial charge on any atom is 0.445 e. The predicted molar refractivity (Wildman–Crippen MR) is 79.5 cm³/mol. The lowest BCUT2D eigenvalue weighted by Crippen LogP contribution is -2.20. The molecular weight excluding hydrogens is 350 g/mol. The number of hydrogen-bond acceptors (Lipinski definition) is 5. The van der Waals surface area contributed by atoms with Crippen LogP contribution in [0.3, 0.4) is 0 Å². The van der Waals surface area contributed by atoms with Crippen molar-refractivity contribution in [3.8, 4) is 5.19 Å². The van der Waals surface area contributed by atoms with Crippen molar-refractivity contribution in [1.29, 1.82) is 0 Å². The van der Waals surface area contributed by atoms with Crippen molar-refractivity contribution in [3.63, 3.8) is 0 Å². The molecule has 24 heavy (non-hydrogen) atoms. The highest BCUT2D eigenvalue weighted by molar-refractivity contribution is 7.13. The summed E-state index contributed by atoms with van der Waals surface area (Å²) in [4.78, 5) is 11.8. The van der Waals surface area contributed by atoms with Gasteiger partial charge in [-0.2, -0.15) is 13.2 Å². The van der Waals surface area contributed by atoms with E-state index in [1.807, 2.05) is 0 Å². The Kier molecular flexibility index (Phi) is 5.37. The first-order chi connectivity index (χ1) is 11.2. The Bertz CT molecular complexity index is 731. The molecule has 0 bridgehead atoms. The van der Waals surface area contributed by atoms with Crippen molar-refractivity contribution in [3.05, 3.63) is 34.6 Å².